The first-order valence-electron chi connectivity index (χ1n) is 4.76. The number of nitrogens with zero attached hydrogens (tertiary/aromatic N) is 3. The van der Waals surface area contributed by atoms with Crippen LogP contribution in [0.15, 0.2) is 18.5 Å². The number of rotatable bonds is 2. The molecule has 1 heterocycles. The lowest BCUT2D eigenvalue weighted by molar-refractivity contribution is 0.590. The molecular formula is C10H10F2N4. The summed E-state index contributed by atoms with van der Waals surface area (Å²) < 4.78 is 28.2. The van der Waals surface area contributed by atoms with Gasteiger partial charge in [0.05, 0.1) is 5.56 Å². The zero-order valence-corrected chi connectivity index (χ0v) is 8.61. The Morgan fingerprint density at radius 3 is 2.81 bits per heavy atom. The van der Waals surface area contributed by atoms with Crippen molar-refractivity contribution >= 4 is 5.69 Å². The minimum atomic E-state index is -0.803. The van der Waals surface area contributed by atoms with E-state index in [0.717, 1.165) is 6.07 Å². The Morgan fingerprint density at radius 1 is 1.38 bits per heavy atom. The zero-order chi connectivity index (χ0) is 11.7. The molecule has 0 atom stereocenters. The monoisotopic (exact) mass is 224 g/mol. The maximum Gasteiger partial charge on any atom is 0.161 e. The third kappa shape index (κ3) is 1.52. The van der Waals surface area contributed by atoms with Crippen LogP contribution in [0.25, 0.3) is 11.4 Å². The molecule has 6 heteroatoms. The Kier molecular flexibility index (Phi) is 2.55. The van der Waals surface area contributed by atoms with E-state index in [4.69, 9.17) is 5.73 Å². The Hall–Kier alpha value is -1.98. The number of nitrogens with two attached hydrogens (primary N) is 1. The van der Waals surface area contributed by atoms with E-state index < -0.39 is 17.3 Å². The van der Waals surface area contributed by atoms with Gasteiger partial charge in [-0.05, 0) is 19.1 Å². The van der Waals surface area contributed by atoms with Crippen LogP contribution in [0, 0.1) is 11.6 Å². The van der Waals surface area contributed by atoms with Crippen LogP contribution in [-0.4, -0.2) is 14.8 Å². The molecule has 0 radical (unpaired) electrons. The molecule has 84 valence electrons. The molecule has 0 amide bonds. The Labute approximate surface area is 90.7 Å². The van der Waals surface area contributed by atoms with Gasteiger partial charge in [-0.25, -0.2) is 18.4 Å². The van der Waals surface area contributed by atoms with Crippen LogP contribution >= 0.6 is 0 Å². The number of anilines is 1. The van der Waals surface area contributed by atoms with E-state index in [0.29, 0.717) is 12.4 Å². The van der Waals surface area contributed by atoms with Gasteiger partial charge in [-0.2, -0.15) is 5.10 Å². The standard InChI is InChI=1S/C10H10F2N4/c1-2-16-10(14-5-15-16)6-3-4-7(11)9(13)8(6)12/h3-5H,2,13H2,1H3. The van der Waals surface area contributed by atoms with Crippen LogP contribution < -0.4 is 5.73 Å². The van der Waals surface area contributed by atoms with E-state index in [2.05, 4.69) is 10.1 Å². The lowest BCUT2D eigenvalue weighted by atomic mass is 10.1. The van der Waals surface area contributed by atoms with Crippen LogP contribution in [0.5, 0.6) is 0 Å². The summed E-state index contributed by atoms with van der Waals surface area (Å²) in [7, 11) is 0. The molecule has 2 aromatic rings. The summed E-state index contributed by atoms with van der Waals surface area (Å²) in [5.41, 5.74) is 4.93. The number of nitrogen functional groups attached to an aromatic ring is 1. The highest BCUT2D eigenvalue weighted by molar-refractivity contribution is 5.63. The summed E-state index contributed by atoms with van der Waals surface area (Å²) >= 11 is 0. The van der Waals surface area contributed by atoms with Crippen molar-refractivity contribution in [2.75, 3.05) is 5.73 Å². The molecule has 0 aliphatic rings. The highest BCUT2D eigenvalue weighted by Gasteiger charge is 2.16. The van der Waals surface area contributed by atoms with Crippen LogP contribution in [0.3, 0.4) is 0 Å². The molecule has 2 rings (SSSR count). The maximum absolute atomic E-state index is 13.7. The first-order chi connectivity index (χ1) is 7.65. The number of hydrogen-bond acceptors (Lipinski definition) is 3. The first-order valence-corrected chi connectivity index (χ1v) is 4.76. The minimum absolute atomic E-state index is 0.151. The van der Waals surface area contributed by atoms with E-state index in [1.165, 1.54) is 17.1 Å². The van der Waals surface area contributed by atoms with Gasteiger partial charge in [0.25, 0.3) is 0 Å². The molecule has 1 aromatic heterocycles. The maximum atomic E-state index is 13.7. The van der Waals surface area contributed by atoms with Crippen molar-refractivity contribution in [3.05, 3.63) is 30.1 Å². The predicted octanol–water partition coefficient (Wildman–Crippen LogP) is 1.83. The molecule has 0 saturated carbocycles. The fourth-order valence-electron chi connectivity index (χ4n) is 1.45. The summed E-state index contributed by atoms with van der Waals surface area (Å²) in [4.78, 5) is 3.92. The summed E-state index contributed by atoms with van der Waals surface area (Å²) in [5, 5.41) is 3.91. The SMILES string of the molecule is CCn1ncnc1-c1ccc(F)c(N)c1F. The fraction of sp³-hybridized carbons (Fsp3) is 0.200. The highest BCUT2D eigenvalue weighted by Crippen LogP contribution is 2.26. The molecule has 0 bridgehead atoms. The summed E-state index contributed by atoms with van der Waals surface area (Å²) in [6.07, 6.45) is 1.32. The summed E-state index contributed by atoms with van der Waals surface area (Å²) in [6, 6.07) is 2.42. The topological polar surface area (TPSA) is 56.7 Å². The van der Waals surface area contributed by atoms with Crippen LogP contribution in [-0.2, 0) is 6.54 Å². The van der Waals surface area contributed by atoms with E-state index in [1.54, 1.807) is 0 Å². The molecule has 0 aliphatic heterocycles. The fourth-order valence-corrected chi connectivity index (χ4v) is 1.45. The van der Waals surface area contributed by atoms with Crippen molar-refractivity contribution in [1.82, 2.24) is 14.8 Å². The summed E-state index contributed by atoms with van der Waals surface area (Å²) in [6.45, 7) is 2.40. The zero-order valence-electron chi connectivity index (χ0n) is 8.61. The van der Waals surface area contributed by atoms with Crippen LogP contribution in [0.4, 0.5) is 14.5 Å². The van der Waals surface area contributed by atoms with E-state index in [-0.39, 0.29) is 5.56 Å². The molecule has 1 aromatic carbocycles. The highest BCUT2D eigenvalue weighted by atomic mass is 19.1. The number of halogens is 2. The van der Waals surface area contributed by atoms with E-state index in [9.17, 15) is 8.78 Å². The molecule has 0 spiro atoms. The molecule has 2 N–H and O–H groups in total. The quantitative estimate of drug-likeness (QED) is 0.791. The second kappa shape index (κ2) is 3.88. The molecule has 16 heavy (non-hydrogen) atoms. The van der Waals surface area contributed by atoms with Crippen LogP contribution in [0.1, 0.15) is 6.92 Å². The van der Waals surface area contributed by atoms with Gasteiger partial charge in [0, 0.05) is 6.54 Å². The number of aromatic nitrogens is 3. The van der Waals surface area contributed by atoms with Gasteiger partial charge in [-0.1, -0.05) is 0 Å². The predicted molar refractivity (Wildman–Crippen MR) is 55.5 cm³/mol. The van der Waals surface area contributed by atoms with Gasteiger partial charge in [-0.15, -0.1) is 0 Å². The van der Waals surface area contributed by atoms with E-state index in [1.807, 2.05) is 6.92 Å². The van der Waals surface area contributed by atoms with Gasteiger partial charge in [0.15, 0.2) is 11.6 Å². The third-order valence-electron chi connectivity index (χ3n) is 2.28. The molecule has 4 nitrogen and oxygen atoms in total. The lowest BCUT2D eigenvalue weighted by Crippen LogP contribution is -2.03. The average molecular weight is 224 g/mol. The van der Waals surface area contributed by atoms with Gasteiger partial charge in [0.1, 0.15) is 17.8 Å². The van der Waals surface area contributed by atoms with Crippen molar-refractivity contribution in [3.63, 3.8) is 0 Å². The van der Waals surface area contributed by atoms with Gasteiger partial charge >= 0.3 is 0 Å². The van der Waals surface area contributed by atoms with Crippen molar-refractivity contribution in [2.24, 2.45) is 0 Å². The molecule has 0 unspecified atom stereocenters. The van der Waals surface area contributed by atoms with Crippen molar-refractivity contribution < 1.29 is 8.78 Å². The minimum Gasteiger partial charge on any atom is -0.394 e. The van der Waals surface area contributed by atoms with E-state index >= 15 is 0 Å². The molecule has 0 aliphatic carbocycles. The van der Waals surface area contributed by atoms with Crippen molar-refractivity contribution in [1.29, 1.82) is 0 Å². The van der Waals surface area contributed by atoms with Crippen molar-refractivity contribution in [2.45, 2.75) is 13.5 Å². The average Bonchev–Trinajstić information content (AvgIpc) is 2.74. The molecule has 0 fully saturated rings. The smallest absolute Gasteiger partial charge is 0.161 e. The summed E-state index contributed by atoms with van der Waals surface area (Å²) in [5.74, 6) is -1.24. The largest absolute Gasteiger partial charge is 0.394 e. The Balaban J connectivity index is 2.61. The van der Waals surface area contributed by atoms with Gasteiger partial charge in [-0.3, -0.25) is 0 Å². The molecular weight excluding hydrogens is 214 g/mol. The van der Waals surface area contributed by atoms with Crippen LogP contribution in [0.2, 0.25) is 0 Å². The number of hydrogen-bond donors (Lipinski definition) is 1. The van der Waals surface area contributed by atoms with Gasteiger partial charge in [0.2, 0.25) is 0 Å². The lowest BCUT2D eigenvalue weighted by Gasteiger charge is -2.06. The third-order valence-corrected chi connectivity index (χ3v) is 2.28. The Bertz CT molecular complexity index is 522. The Morgan fingerprint density at radius 2 is 2.12 bits per heavy atom. The molecule has 0 saturated heterocycles. The first kappa shape index (κ1) is 10.5. The number of benzene rings is 1. The normalized spacial score (nSPS) is 10.7. The second-order valence-electron chi connectivity index (χ2n) is 3.22. The second-order valence-corrected chi connectivity index (χ2v) is 3.22. The number of aryl methyl sites for hydroxylation is 1. The van der Waals surface area contributed by atoms with Gasteiger partial charge < -0.3 is 5.73 Å². The van der Waals surface area contributed by atoms with Crippen molar-refractivity contribution in [3.8, 4) is 11.4 Å².